The summed E-state index contributed by atoms with van der Waals surface area (Å²) in [5.74, 6) is 0.487. The Morgan fingerprint density at radius 1 is 1.00 bits per heavy atom. The number of anilines is 2. The number of rotatable bonds is 7. The van der Waals surface area contributed by atoms with Gasteiger partial charge in [0.2, 0.25) is 15.9 Å². The van der Waals surface area contributed by atoms with Crippen LogP contribution in [0.4, 0.5) is 11.4 Å². The quantitative estimate of drug-likeness (QED) is 0.584. The minimum absolute atomic E-state index is 0.294. The van der Waals surface area contributed by atoms with Crippen LogP contribution in [0.2, 0.25) is 0 Å². The fourth-order valence-electron chi connectivity index (χ4n) is 2.98. The molecule has 0 fully saturated rings. The van der Waals surface area contributed by atoms with Crippen LogP contribution in [0.5, 0.6) is 0 Å². The van der Waals surface area contributed by atoms with Crippen LogP contribution in [0.25, 0.3) is 10.8 Å². The van der Waals surface area contributed by atoms with Gasteiger partial charge in [0.1, 0.15) is 6.54 Å². The van der Waals surface area contributed by atoms with E-state index in [0.717, 1.165) is 32.0 Å². The lowest BCUT2D eigenvalue weighted by molar-refractivity contribution is -0.114. The summed E-state index contributed by atoms with van der Waals surface area (Å²) in [6, 6.07) is 20.4. The number of carbonyl (C=O) groups excluding carboxylic acids is 1. The van der Waals surface area contributed by atoms with Crippen LogP contribution >= 0.6 is 11.8 Å². The van der Waals surface area contributed by atoms with Crippen molar-refractivity contribution in [2.45, 2.75) is 11.8 Å². The normalized spacial score (nSPS) is 11.4. The number of para-hydroxylation sites is 1. The monoisotopic (exact) mass is 414 g/mol. The minimum atomic E-state index is -3.65. The molecule has 0 aliphatic heterocycles. The number of nitrogens with zero attached hydrogens (tertiary/aromatic N) is 1. The first kappa shape index (κ1) is 20.2. The van der Waals surface area contributed by atoms with Crippen molar-refractivity contribution in [2.75, 3.05) is 28.2 Å². The molecule has 0 unspecified atom stereocenters. The molecule has 1 N–H and O–H groups in total. The highest BCUT2D eigenvalue weighted by Crippen LogP contribution is 2.29. The molecule has 0 saturated carbocycles. The van der Waals surface area contributed by atoms with Gasteiger partial charge in [-0.1, -0.05) is 55.5 Å². The van der Waals surface area contributed by atoms with Gasteiger partial charge in [0, 0.05) is 10.3 Å². The molecule has 0 heterocycles. The lowest BCUT2D eigenvalue weighted by Crippen LogP contribution is -2.37. The van der Waals surface area contributed by atoms with Crippen molar-refractivity contribution in [1.29, 1.82) is 0 Å². The molecule has 0 spiro atoms. The van der Waals surface area contributed by atoms with Crippen LogP contribution in [-0.2, 0) is 14.8 Å². The Labute approximate surface area is 169 Å². The van der Waals surface area contributed by atoms with Gasteiger partial charge in [0.25, 0.3) is 0 Å². The largest absolute Gasteiger partial charge is 0.323 e. The lowest BCUT2D eigenvalue weighted by atomic mass is 10.1. The average molecular weight is 415 g/mol. The molecule has 1 amide bonds. The second kappa shape index (κ2) is 8.67. The summed E-state index contributed by atoms with van der Waals surface area (Å²) in [6.07, 6.45) is 1.11. The Kier molecular flexibility index (Phi) is 6.26. The van der Waals surface area contributed by atoms with Crippen LogP contribution < -0.4 is 9.62 Å². The summed E-state index contributed by atoms with van der Waals surface area (Å²) in [5.41, 5.74) is 1.18. The molecule has 28 heavy (non-hydrogen) atoms. The van der Waals surface area contributed by atoms with Gasteiger partial charge >= 0.3 is 0 Å². The SMILES string of the molecule is CCSc1ccccc1NC(=O)CN(c1cccc2ccccc12)S(C)(=O)=O. The smallest absolute Gasteiger partial charge is 0.245 e. The number of carbonyl (C=O) groups is 1. The molecule has 0 saturated heterocycles. The number of sulfonamides is 1. The van der Waals surface area contributed by atoms with Gasteiger partial charge in [-0.05, 0) is 29.3 Å². The number of hydrogen-bond donors (Lipinski definition) is 1. The fraction of sp³-hybridized carbons (Fsp3) is 0.190. The summed E-state index contributed by atoms with van der Waals surface area (Å²) in [5, 5.41) is 4.55. The van der Waals surface area contributed by atoms with Crippen LogP contribution in [0, 0.1) is 0 Å². The van der Waals surface area contributed by atoms with Gasteiger partial charge in [-0.3, -0.25) is 9.10 Å². The molecular weight excluding hydrogens is 392 g/mol. The van der Waals surface area contributed by atoms with Crippen LogP contribution in [0.1, 0.15) is 6.92 Å². The van der Waals surface area contributed by atoms with E-state index in [4.69, 9.17) is 0 Å². The fourth-order valence-corrected chi connectivity index (χ4v) is 4.61. The van der Waals surface area contributed by atoms with Crippen molar-refractivity contribution < 1.29 is 13.2 Å². The van der Waals surface area contributed by atoms with Gasteiger partial charge in [-0.25, -0.2) is 8.42 Å². The van der Waals surface area contributed by atoms with Gasteiger partial charge in [-0.15, -0.1) is 11.8 Å². The molecule has 0 atom stereocenters. The highest BCUT2D eigenvalue weighted by atomic mass is 32.2. The Bertz CT molecular complexity index is 1090. The molecule has 5 nitrogen and oxygen atoms in total. The van der Waals surface area contributed by atoms with E-state index in [1.807, 2.05) is 61.5 Å². The van der Waals surface area contributed by atoms with E-state index < -0.39 is 10.0 Å². The molecule has 0 aliphatic rings. The van der Waals surface area contributed by atoms with E-state index in [9.17, 15) is 13.2 Å². The molecule has 146 valence electrons. The summed E-state index contributed by atoms with van der Waals surface area (Å²) in [6.45, 7) is 1.74. The standard InChI is InChI=1S/C21H22N2O3S2/c1-3-27-20-14-7-6-12-18(20)22-21(24)15-23(28(2,25)26)19-13-8-10-16-9-4-5-11-17(16)19/h4-14H,3,15H2,1-2H3,(H,22,24). The summed E-state index contributed by atoms with van der Waals surface area (Å²) < 4.78 is 26.1. The Hall–Kier alpha value is -2.51. The molecule has 7 heteroatoms. The van der Waals surface area contributed by atoms with Crippen molar-refractivity contribution >= 4 is 49.8 Å². The van der Waals surface area contributed by atoms with E-state index >= 15 is 0 Å². The van der Waals surface area contributed by atoms with E-state index in [2.05, 4.69) is 5.32 Å². The van der Waals surface area contributed by atoms with Crippen LogP contribution in [-0.4, -0.2) is 32.9 Å². The second-order valence-corrected chi connectivity index (χ2v) is 9.46. The molecule has 0 aliphatic carbocycles. The van der Waals surface area contributed by atoms with Crippen molar-refractivity contribution in [3.05, 3.63) is 66.7 Å². The maximum absolute atomic E-state index is 12.7. The lowest BCUT2D eigenvalue weighted by Gasteiger charge is -2.23. The zero-order valence-electron chi connectivity index (χ0n) is 15.8. The first-order valence-electron chi connectivity index (χ1n) is 8.87. The van der Waals surface area contributed by atoms with Crippen molar-refractivity contribution in [1.82, 2.24) is 0 Å². The topological polar surface area (TPSA) is 66.5 Å². The summed E-state index contributed by atoms with van der Waals surface area (Å²) >= 11 is 1.62. The minimum Gasteiger partial charge on any atom is -0.323 e. The van der Waals surface area contributed by atoms with Gasteiger partial charge in [0.15, 0.2) is 0 Å². The molecule has 0 radical (unpaired) electrons. The highest BCUT2D eigenvalue weighted by Gasteiger charge is 2.23. The van der Waals surface area contributed by atoms with E-state index in [1.165, 1.54) is 0 Å². The predicted octanol–water partition coefficient (Wildman–Crippen LogP) is 4.36. The Balaban J connectivity index is 1.91. The first-order chi connectivity index (χ1) is 13.4. The Morgan fingerprint density at radius 2 is 1.68 bits per heavy atom. The number of thioether (sulfide) groups is 1. The van der Waals surface area contributed by atoms with Gasteiger partial charge < -0.3 is 5.32 Å². The zero-order valence-corrected chi connectivity index (χ0v) is 17.4. The van der Waals surface area contributed by atoms with Gasteiger partial charge in [0.05, 0.1) is 17.6 Å². The Morgan fingerprint density at radius 3 is 2.43 bits per heavy atom. The van der Waals surface area contributed by atoms with Crippen molar-refractivity contribution in [2.24, 2.45) is 0 Å². The zero-order chi connectivity index (χ0) is 20.1. The number of nitrogens with one attached hydrogen (secondary N) is 1. The van der Waals surface area contributed by atoms with Crippen molar-refractivity contribution in [3.63, 3.8) is 0 Å². The molecule has 0 bridgehead atoms. The third-order valence-corrected chi connectivity index (χ3v) is 6.27. The summed E-state index contributed by atoms with van der Waals surface area (Å²) in [4.78, 5) is 13.7. The molecule has 0 aromatic heterocycles. The van der Waals surface area contributed by atoms with Crippen molar-refractivity contribution in [3.8, 4) is 0 Å². The van der Waals surface area contributed by atoms with Gasteiger partial charge in [-0.2, -0.15) is 0 Å². The third kappa shape index (κ3) is 4.66. The predicted molar refractivity (Wildman–Crippen MR) is 118 cm³/mol. The number of hydrogen-bond acceptors (Lipinski definition) is 4. The van der Waals surface area contributed by atoms with E-state index in [1.54, 1.807) is 23.9 Å². The second-order valence-electron chi connectivity index (χ2n) is 6.25. The molecule has 3 rings (SSSR count). The maximum atomic E-state index is 12.7. The van der Waals surface area contributed by atoms with E-state index in [0.29, 0.717) is 11.4 Å². The number of amides is 1. The average Bonchev–Trinajstić information content (AvgIpc) is 2.67. The molecule has 3 aromatic carbocycles. The maximum Gasteiger partial charge on any atom is 0.245 e. The highest BCUT2D eigenvalue weighted by molar-refractivity contribution is 7.99. The first-order valence-corrected chi connectivity index (χ1v) is 11.7. The van der Waals surface area contributed by atoms with Crippen LogP contribution in [0.3, 0.4) is 0 Å². The number of benzene rings is 3. The molecule has 3 aromatic rings. The third-order valence-electron chi connectivity index (χ3n) is 4.18. The number of fused-ring (bicyclic) bond motifs is 1. The molecular formula is C21H22N2O3S2. The van der Waals surface area contributed by atoms with Crippen LogP contribution in [0.15, 0.2) is 71.6 Å². The van der Waals surface area contributed by atoms with E-state index in [-0.39, 0.29) is 12.5 Å². The summed E-state index contributed by atoms with van der Waals surface area (Å²) in [7, 11) is -3.65.